The van der Waals surface area contributed by atoms with Crippen LogP contribution in [0, 0.1) is 5.41 Å². The SMILES string of the molecule is COP(=O)(OCCN(C)C)OC(C)(C)CC(C)(C)C(=O)O. The van der Waals surface area contributed by atoms with E-state index in [2.05, 4.69) is 0 Å². The molecule has 1 unspecified atom stereocenters. The maximum atomic E-state index is 12.4. The molecule has 0 saturated heterocycles. The first-order valence-electron chi connectivity index (χ1n) is 6.73. The zero-order chi connectivity index (χ0) is 16.9. The van der Waals surface area contributed by atoms with Gasteiger partial charge in [0.05, 0.1) is 17.6 Å². The molecule has 0 aromatic rings. The molecular formula is C13H28NO6P. The second kappa shape index (κ2) is 7.70. The molecule has 0 bridgehead atoms. The fraction of sp³-hybridized carbons (Fsp3) is 0.923. The predicted molar refractivity (Wildman–Crippen MR) is 80.3 cm³/mol. The van der Waals surface area contributed by atoms with Crippen molar-refractivity contribution in [3.05, 3.63) is 0 Å². The quantitative estimate of drug-likeness (QED) is 0.618. The average molecular weight is 325 g/mol. The molecule has 0 heterocycles. The molecule has 1 atom stereocenters. The lowest BCUT2D eigenvalue weighted by Gasteiger charge is -2.33. The van der Waals surface area contributed by atoms with Gasteiger partial charge in [0.15, 0.2) is 0 Å². The van der Waals surface area contributed by atoms with Crippen LogP contribution < -0.4 is 0 Å². The third kappa shape index (κ3) is 7.93. The summed E-state index contributed by atoms with van der Waals surface area (Å²) in [4.78, 5) is 13.1. The van der Waals surface area contributed by atoms with Crippen molar-refractivity contribution in [2.75, 3.05) is 34.4 Å². The summed E-state index contributed by atoms with van der Waals surface area (Å²) in [6, 6.07) is 0. The Hall–Kier alpha value is -0.460. The van der Waals surface area contributed by atoms with Crippen molar-refractivity contribution < 1.29 is 28.0 Å². The fourth-order valence-corrected chi connectivity index (χ4v) is 3.13. The maximum Gasteiger partial charge on any atom is 0.475 e. The third-order valence-corrected chi connectivity index (χ3v) is 4.48. The first-order valence-corrected chi connectivity index (χ1v) is 8.19. The van der Waals surface area contributed by atoms with Gasteiger partial charge in [-0.15, -0.1) is 0 Å². The lowest BCUT2D eigenvalue weighted by atomic mass is 9.82. The molecule has 0 aliphatic carbocycles. The van der Waals surface area contributed by atoms with Gasteiger partial charge >= 0.3 is 13.8 Å². The van der Waals surface area contributed by atoms with Gasteiger partial charge in [0.1, 0.15) is 0 Å². The number of rotatable bonds is 10. The van der Waals surface area contributed by atoms with E-state index in [4.69, 9.17) is 18.7 Å². The normalized spacial score (nSPS) is 16.0. The Bertz CT molecular complexity index is 394. The van der Waals surface area contributed by atoms with Gasteiger partial charge in [0, 0.05) is 13.7 Å². The van der Waals surface area contributed by atoms with Crippen LogP contribution in [0.1, 0.15) is 34.1 Å². The van der Waals surface area contributed by atoms with Crippen molar-refractivity contribution >= 4 is 13.8 Å². The van der Waals surface area contributed by atoms with Crippen LogP contribution in [-0.4, -0.2) is 55.9 Å². The van der Waals surface area contributed by atoms with Crippen LogP contribution in [0.5, 0.6) is 0 Å². The van der Waals surface area contributed by atoms with E-state index >= 15 is 0 Å². The van der Waals surface area contributed by atoms with Crippen LogP contribution in [0.25, 0.3) is 0 Å². The van der Waals surface area contributed by atoms with Crippen LogP contribution in [0.2, 0.25) is 0 Å². The highest BCUT2D eigenvalue weighted by atomic mass is 31.2. The minimum Gasteiger partial charge on any atom is -0.481 e. The number of hydrogen-bond donors (Lipinski definition) is 1. The molecule has 0 amide bonds. The Morgan fingerprint density at radius 2 is 1.76 bits per heavy atom. The van der Waals surface area contributed by atoms with E-state index in [0.717, 1.165) is 0 Å². The standard InChI is InChI=1S/C13H28NO6P/c1-12(2,11(15)16)10-13(3,4)20-21(17,18-7)19-9-8-14(5)6/h8-10H2,1-7H3,(H,15,16). The zero-order valence-electron chi connectivity index (χ0n) is 14.0. The molecule has 0 aromatic carbocycles. The van der Waals surface area contributed by atoms with Crippen molar-refractivity contribution in [3.63, 3.8) is 0 Å². The van der Waals surface area contributed by atoms with Crippen LogP contribution in [0.4, 0.5) is 0 Å². The molecule has 0 saturated carbocycles. The van der Waals surface area contributed by atoms with Crippen LogP contribution in [0.3, 0.4) is 0 Å². The first-order chi connectivity index (χ1) is 9.33. The van der Waals surface area contributed by atoms with Gasteiger partial charge in [-0.25, -0.2) is 4.57 Å². The Labute approximate surface area is 127 Å². The molecule has 0 aliphatic rings. The number of carboxylic acids is 1. The Morgan fingerprint density at radius 1 is 1.24 bits per heavy atom. The Kier molecular flexibility index (Phi) is 7.53. The van der Waals surface area contributed by atoms with E-state index < -0.39 is 24.8 Å². The average Bonchev–Trinajstić information content (AvgIpc) is 2.25. The molecule has 0 aliphatic heterocycles. The predicted octanol–water partition coefficient (Wildman–Crippen LogP) is 2.62. The van der Waals surface area contributed by atoms with E-state index in [0.29, 0.717) is 6.54 Å². The summed E-state index contributed by atoms with van der Waals surface area (Å²) >= 11 is 0. The summed E-state index contributed by atoms with van der Waals surface area (Å²) in [5.41, 5.74) is -1.97. The van der Waals surface area contributed by atoms with Gasteiger partial charge in [-0.3, -0.25) is 18.4 Å². The number of phosphoric acid groups is 1. The molecule has 126 valence electrons. The highest BCUT2D eigenvalue weighted by Crippen LogP contribution is 2.53. The summed E-state index contributed by atoms with van der Waals surface area (Å²) in [7, 11) is 1.26. The molecule has 0 rings (SSSR count). The van der Waals surface area contributed by atoms with Gasteiger partial charge in [0.25, 0.3) is 0 Å². The minimum absolute atomic E-state index is 0.166. The summed E-state index contributed by atoms with van der Waals surface area (Å²) in [6.07, 6.45) is 0.166. The lowest BCUT2D eigenvalue weighted by Crippen LogP contribution is -2.36. The van der Waals surface area contributed by atoms with E-state index in [9.17, 15) is 9.36 Å². The van der Waals surface area contributed by atoms with Gasteiger partial charge in [-0.05, 0) is 48.2 Å². The minimum atomic E-state index is -3.71. The van der Waals surface area contributed by atoms with Crippen molar-refractivity contribution in [2.24, 2.45) is 5.41 Å². The molecule has 0 aromatic heterocycles. The highest BCUT2D eigenvalue weighted by molar-refractivity contribution is 7.48. The van der Waals surface area contributed by atoms with Gasteiger partial charge in [-0.2, -0.15) is 0 Å². The van der Waals surface area contributed by atoms with E-state index in [1.54, 1.807) is 27.7 Å². The number of aliphatic carboxylic acids is 1. The number of hydrogen-bond acceptors (Lipinski definition) is 6. The summed E-state index contributed by atoms with van der Waals surface area (Å²) < 4.78 is 28.0. The molecule has 0 fully saturated rings. The molecule has 0 spiro atoms. The topological polar surface area (TPSA) is 85.3 Å². The van der Waals surface area contributed by atoms with Crippen LogP contribution >= 0.6 is 7.82 Å². The van der Waals surface area contributed by atoms with Crippen molar-refractivity contribution in [3.8, 4) is 0 Å². The largest absolute Gasteiger partial charge is 0.481 e. The highest BCUT2D eigenvalue weighted by Gasteiger charge is 2.40. The number of carboxylic acid groups (broad SMARTS) is 1. The summed E-state index contributed by atoms with van der Waals surface area (Å²) in [5, 5.41) is 9.17. The van der Waals surface area contributed by atoms with Crippen LogP contribution in [0.15, 0.2) is 0 Å². The lowest BCUT2D eigenvalue weighted by molar-refractivity contribution is -0.150. The van der Waals surface area contributed by atoms with E-state index in [1.807, 2.05) is 19.0 Å². The Morgan fingerprint density at radius 3 is 2.14 bits per heavy atom. The summed E-state index contributed by atoms with van der Waals surface area (Å²) in [5.74, 6) is -0.944. The molecule has 1 N–H and O–H groups in total. The second-order valence-electron chi connectivity index (χ2n) is 6.48. The maximum absolute atomic E-state index is 12.4. The molecular weight excluding hydrogens is 297 g/mol. The molecule has 8 heteroatoms. The number of likely N-dealkylation sites (N-methyl/N-ethyl adjacent to an activating group) is 1. The summed E-state index contributed by atoms with van der Waals surface area (Å²) in [6.45, 7) is 7.27. The van der Waals surface area contributed by atoms with Crippen molar-refractivity contribution in [2.45, 2.75) is 39.7 Å². The van der Waals surface area contributed by atoms with Crippen LogP contribution in [-0.2, 0) is 22.9 Å². The second-order valence-corrected chi connectivity index (χ2v) is 8.18. The van der Waals surface area contributed by atoms with Crippen molar-refractivity contribution in [1.29, 1.82) is 0 Å². The Balaban J connectivity index is 4.77. The number of nitrogens with zero attached hydrogens (tertiary/aromatic N) is 1. The smallest absolute Gasteiger partial charge is 0.475 e. The zero-order valence-corrected chi connectivity index (χ0v) is 14.9. The van der Waals surface area contributed by atoms with Gasteiger partial charge in [-0.1, -0.05) is 0 Å². The fourth-order valence-electron chi connectivity index (χ4n) is 1.93. The number of carbonyl (C=O) groups is 1. The molecule has 21 heavy (non-hydrogen) atoms. The molecule has 0 radical (unpaired) electrons. The van der Waals surface area contributed by atoms with Gasteiger partial charge < -0.3 is 10.0 Å². The van der Waals surface area contributed by atoms with E-state index in [-0.39, 0.29) is 13.0 Å². The molecule has 7 nitrogen and oxygen atoms in total. The van der Waals surface area contributed by atoms with Gasteiger partial charge in [0.2, 0.25) is 0 Å². The first kappa shape index (κ1) is 20.5. The van der Waals surface area contributed by atoms with Crippen molar-refractivity contribution in [1.82, 2.24) is 4.90 Å². The number of phosphoric ester groups is 1. The van der Waals surface area contributed by atoms with E-state index in [1.165, 1.54) is 7.11 Å². The third-order valence-electron chi connectivity index (χ3n) is 2.82. The monoisotopic (exact) mass is 325 g/mol.